The van der Waals surface area contributed by atoms with E-state index in [1.165, 1.54) is 0 Å². The minimum atomic E-state index is 0.209. The van der Waals surface area contributed by atoms with Gasteiger partial charge in [0, 0.05) is 13.4 Å². The molecule has 0 radical (unpaired) electrons. The van der Waals surface area contributed by atoms with Crippen LogP contribution in [0.25, 0.3) is 0 Å². The Labute approximate surface area is 128 Å². The molecule has 0 saturated carbocycles. The molecule has 0 atom stereocenters. The number of nitrogens with zero attached hydrogens (tertiary/aromatic N) is 3. The van der Waals surface area contributed by atoms with Crippen molar-refractivity contribution in [2.45, 2.75) is 0 Å². The second-order valence-electron chi connectivity index (χ2n) is 3.29. The third-order valence-corrected chi connectivity index (χ3v) is 3.69. The first-order valence-electron chi connectivity index (χ1n) is 4.64. The van der Waals surface area contributed by atoms with Crippen LogP contribution in [-0.2, 0) is 0 Å². The van der Waals surface area contributed by atoms with Crippen LogP contribution in [0.1, 0.15) is 0 Å². The monoisotopic (exact) mass is 436 g/mol. The summed E-state index contributed by atoms with van der Waals surface area (Å²) in [4.78, 5) is 0. The van der Waals surface area contributed by atoms with Crippen LogP contribution in [0.2, 0.25) is 0 Å². The molecule has 1 heterocycles. The van der Waals surface area contributed by atoms with E-state index in [0.29, 0.717) is 11.4 Å². The summed E-state index contributed by atoms with van der Waals surface area (Å²) in [5.41, 5.74) is 12.2. The van der Waals surface area contributed by atoms with Crippen LogP contribution >= 0.6 is 47.8 Å². The zero-order valence-electron chi connectivity index (χ0n) is 8.78. The number of halogens is 3. The topological polar surface area (TPSA) is 105 Å². The SMILES string of the molecule is Nc1n[nH]c(N)c1N=Nc1c(Br)cc(Br)cc1Br. The van der Waals surface area contributed by atoms with E-state index in [0.717, 1.165) is 13.4 Å². The van der Waals surface area contributed by atoms with Crippen LogP contribution < -0.4 is 11.5 Å². The lowest BCUT2D eigenvalue weighted by atomic mass is 10.3. The number of nitrogen functional groups attached to an aromatic ring is 2. The van der Waals surface area contributed by atoms with E-state index < -0.39 is 0 Å². The Kier molecular flexibility index (Phi) is 4.03. The molecular formula is C9H7Br3N6. The van der Waals surface area contributed by atoms with E-state index in [-0.39, 0.29) is 11.6 Å². The number of hydrogen-bond acceptors (Lipinski definition) is 5. The minimum absolute atomic E-state index is 0.209. The molecule has 0 bridgehead atoms. The summed E-state index contributed by atoms with van der Waals surface area (Å²) in [6.07, 6.45) is 0. The molecule has 18 heavy (non-hydrogen) atoms. The summed E-state index contributed by atoms with van der Waals surface area (Å²) < 4.78 is 2.49. The number of rotatable bonds is 2. The molecule has 0 spiro atoms. The lowest BCUT2D eigenvalue weighted by Gasteiger charge is -2.01. The molecule has 1 aromatic carbocycles. The van der Waals surface area contributed by atoms with Crippen LogP contribution in [0, 0.1) is 0 Å². The van der Waals surface area contributed by atoms with Crippen molar-refractivity contribution < 1.29 is 0 Å². The van der Waals surface area contributed by atoms with Gasteiger partial charge in [-0.2, -0.15) is 5.10 Å². The highest BCUT2D eigenvalue weighted by atomic mass is 79.9. The number of benzene rings is 1. The van der Waals surface area contributed by atoms with Gasteiger partial charge in [0.25, 0.3) is 0 Å². The van der Waals surface area contributed by atoms with Crippen LogP contribution in [0.5, 0.6) is 0 Å². The fourth-order valence-electron chi connectivity index (χ4n) is 1.20. The molecule has 9 heteroatoms. The summed E-state index contributed by atoms with van der Waals surface area (Å²) in [6, 6.07) is 3.72. The number of azo groups is 1. The second kappa shape index (κ2) is 5.37. The number of nitrogens with two attached hydrogens (primary N) is 2. The lowest BCUT2D eigenvalue weighted by molar-refractivity contribution is 1.11. The van der Waals surface area contributed by atoms with E-state index in [2.05, 4.69) is 68.2 Å². The molecule has 94 valence electrons. The van der Waals surface area contributed by atoms with Crippen LogP contribution in [0.3, 0.4) is 0 Å². The van der Waals surface area contributed by atoms with E-state index in [1.54, 1.807) is 0 Å². The fraction of sp³-hybridized carbons (Fsp3) is 0. The molecule has 6 nitrogen and oxygen atoms in total. The summed E-state index contributed by atoms with van der Waals surface area (Å²) in [5.74, 6) is 0.487. The molecule has 0 unspecified atom stereocenters. The first kappa shape index (κ1) is 13.5. The van der Waals surface area contributed by atoms with Gasteiger partial charge in [-0.05, 0) is 44.0 Å². The number of aromatic amines is 1. The zero-order valence-corrected chi connectivity index (χ0v) is 13.5. The van der Waals surface area contributed by atoms with Crippen LogP contribution in [-0.4, -0.2) is 10.2 Å². The highest BCUT2D eigenvalue weighted by Gasteiger charge is 2.09. The second-order valence-corrected chi connectivity index (χ2v) is 5.91. The average molecular weight is 439 g/mol. The maximum Gasteiger partial charge on any atom is 0.175 e. The molecule has 0 aliphatic rings. The van der Waals surface area contributed by atoms with E-state index >= 15 is 0 Å². The van der Waals surface area contributed by atoms with Gasteiger partial charge < -0.3 is 11.5 Å². The normalized spacial score (nSPS) is 11.3. The summed E-state index contributed by atoms with van der Waals surface area (Å²) >= 11 is 10.2. The number of anilines is 2. The first-order valence-corrected chi connectivity index (χ1v) is 7.02. The Bertz CT molecular complexity index is 578. The molecule has 0 amide bonds. The molecule has 1 aromatic heterocycles. The predicted octanol–water partition coefficient (Wildman–Crippen LogP) is 4.28. The Morgan fingerprint density at radius 3 is 2.06 bits per heavy atom. The minimum Gasteiger partial charge on any atom is -0.382 e. The fourth-order valence-corrected chi connectivity index (χ4v) is 3.62. The quantitative estimate of drug-likeness (QED) is 0.609. The summed E-state index contributed by atoms with van der Waals surface area (Å²) in [5, 5.41) is 14.4. The van der Waals surface area contributed by atoms with Crippen molar-refractivity contribution in [3.05, 3.63) is 25.6 Å². The molecule has 0 fully saturated rings. The van der Waals surface area contributed by atoms with Gasteiger partial charge in [-0.15, -0.1) is 10.2 Å². The standard InChI is InChI=1S/C9H7Br3N6/c10-3-1-4(11)6(5(12)2-3)15-16-7-8(13)17-18-9(7)14/h1-2H,(H5,13,14,17,18). The van der Waals surface area contributed by atoms with Gasteiger partial charge in [0.1, 0.15) is 11.5 Å². The predicted molar refractivity (Wildman–Crippen MR) is 81.1 cm³/mol. The van der Waals surface area contributed by atoms with Crippen molar-refractivity contribution >= 4 is 70.8 Å². The van der Waals surface area contributed by atoms with Gasteiger partial charge in [-0.25, -0.2) is 0 Å². The lowest BCUT2D eigenvalue weighted by Crippen LogP contribution is -1.84. The van der Waals surface area contributed by atoms with E-state index in [9.17, 15) is 0 Å². The molecule has 5 N–H and O–H groups in total. The Hall–Kier alpha value is -0.930. The van der Waals surface area contributed by atoms with Gasteiger partial charge in [0.05, 0.1) is 0 Å². The van der Waals surface area contributed by atoms with Crippen LogP contribution in [0.4, 0.5) is 23.0 Å². The number of nitrogens with one attached hydrogen (secondary N) is 1. The average Bonchev–Trinajstić information content (AvgIpc) is 2.58. The summed E-state index contributed by atoms with van der Waals surface area (Å²) in [7, 11) is 0. The maximum absolute atomic E-state index is 5.62. The van der Waals surface area contributed by atoms with E-state index in [1.807, 2.05) is 12.1 Å². The number of hydrogen-bond donors (Lipinski definition) is 3. The Balaban J connectivity index is 2.41. The third-order valence-electron chi connectivity index (χ3n) is 2.03. The zero-order chi connectivity index (χ0) is 13.3. The van der Waals surface area contributed by atoms with Gasteiger partial charge in [0.15, 0.2) is 11.5 Å². The van der Waals surface area contributed by atoms with Gasteiger partial charge in [-0.1, -0.05) is 15.9 Å². The largest absolute Gasteiger partial charge is 0.382 e. The Morgan fingerprint density at radius 2 is 1.56 bits per heavy atom. The molecule has 2 aromatic rings. The molecule has 0 aliphatic carbocycles. The first-order chi connectivity index (χ1) is 8.49. The molecule has 2 rings (SSSR count). The van der Waals surface area contributed by atoms with Gasteiger partial charge >= 0.3 is 0 Å². The molecular weight excluding hydrogens is 432 g/mol. The highest BCUT2D eigenvalue weighted by molar-refractivity contribution is 9.11. The number of aromatic nitrogens is 2. The van der Waals surface area contributed by atoms with Crippen molar-refractivity contribution in [1.29, 1.82) is 0 Å². The molecule has 0 saturated heterocycles. The smallest absolute Gasteiger partial charge is 0.175 e. The van der Waals surface area contributed by atoms with E-state index in [4.69, 9.17) is 11.5 Å². The maximum atomic E-state index is 5.62. The molecule has 0 aliphatic heterocycles. The van der Waals surface area contributed by atoms with Gasteiger partial charge in [-0.3, -0.25) is 5.10 Å². The van der Waals surface area contributed by atoms with Crippen molar-refractivity contribution in [2.24, 2.45) is 10.2 Å². The van der Waals surface area contributed by atoms with Crippen molar-refractivity contribution in [3.63, 3.8) is 0 Å². The van der Waals surface area contributed by atoms with Crippen LogP contribution in [0.15, 0.2) is 35.8 Å². The van der Waals surface area contributed by atoms with Crippen molar-refractivity contribution in [1.82, 2.24) is 10.2 Å². The highest BCUT2D eigenvalue weighted by Crippen LogP contribution is 2.38. The van der Waals surface area contributed by atoms with Crippen molar-refractivity contribution in [3.8, 4) is 0 Å². The van der Waals surface area contributed by atoms with Gasteiger partial charge in [0.2, 0.25) is 0 Å². The summed E-state index contributed by atoms with van der Waals surface area (Å²) in [6.45, 7) is 0. The number of H-pyrrole nitrogens is 1. The third kappa shape index (κ3) is 2.73. The van der Waals surface area contributed by atoms with Crippen molar-refractivity contribution in [2.75, 3.05) is 11.5 Å². The Morgan fingerprint density at radius 1 is 1.00 bits per heavy atom.